The molecule has 148 valence electrons. The second-order valence-corrected chi connectivity index (χ2v) is 7.24. The number of rotatable bonds is 6. The second kappa shape index (κ2) is 8.93. The normalized spacial score (nSPS) is 11.6. The number of aryl methyl sites for hydroxylation is 2. The second-order valence-electron chi connectivity index (χ2n) is 6.86. The SMILES string of the molecule is Cc1cc(OC(C)C(=O)Nc2ccccc2C(=O)c2ccccc2)cc(C)c1Cl. The van der Waals surface area contributed by atoms with Crippen LogP contribution in [0.1, 0.15) is 34.0 Å². The van der Waals surface area contributed by atoms with Crippen molar-refractivity contribution in [1.29, 1.82) is 0 Å². The molecule has 0 saturated heterocycles. The summed E-state index contributed by atoms with van der Waals surface area (Å²) in [5.74, 6) is 0.0725. The summed E-state index contributed by atoms with van der Waals surface area (Å²) in [5, 5.41) is 3.49. The number of hydrogen-bond donors (Lipinski definition) is 1. The van der Waals surface area contributed by atoms with Gasteiger partial charge in [-0.15, -0.1) is 0 Å². The first-order valence-electron chi connectivity index (χ1n) is 9.30. The van der Waals surface area contributed by atoms with E-state index in [2.05, 4.69) is 5.32 Å². The summed E-state index contributed by atoms with van der Waals surface area (Å²) in [7, 11) is 0. The van der Waals surface area contributed by atoms with Crippen molar-refractivity contribution in [1.82, 2.24) is 0 Å². The Hall–Kier alpha value is -3.11. The van der Waals surface area contributed by atoms with Crippen LogP contribution in [0.15, 0.2) is 66.7 Å². The van der Waals surface area contributed by atoms with E-state index >= 15 is 0 Å². The monoisotopic (exact) mass is 407 g/mol. The van der Waals surface area contributed by atoms with Crippen LogP contribution in [0.3, 0.4) is 0 Å². The van der Waals surface area contributed by atoms with Crippen molar-refractivity contribution in [2.75, 3.05) is 5.32 Å². The highest BCUT2D eigenvalue weighted by Crippen LogP contribution is 2.27. The van der Waals surface area contributed by atoms with Crippen molar-refractivity contribution >= 4 is 29.0 Å². The minimum atomic E-state index is -0.755. The lowest BCUT2D eigenvalue weighted by Crippen LogP contribution is -2.30. The zero-order valence-corrected chi connectivity index (χ0v) is 17.3. The van der Waals surface area contributed by atoms with Gasteiger partial charge in [0, 0.05) is 16.1 Å². The van der Waals surface area contributed by atoms with Crippen LogP contribution >= 0.6 is 11.6 Å². The zero-order chi connectivity index (χ0) is 21.0. The van der Waals surface area contributed by atoms with E-state index in [1.54, 1.807) is 67.6 Å². The summed E-state index contributed by atoms with van der Waals surface area (Å²) < 4.78 is 5.79. The van der Waals surface area contributed by atoms with Gasteiger partial charge in [-0.25, -0.2) is 0 Å². The Morgan fingerprint density at radius 2 is 1.52 bits per heavy atom. The van der Waals surface area contributed by atoms with Gasteiger partial charge in [0.1, 0.15) is 5.75 Å². The lowest BCUT2D eigenvalue weighted by molar-refractivity contribution is -0.122. The van der Waals surface area contributed by atoms with Crippen LogP contribution in [-0.4, -0.2) is 17.8 Å². The molecule has 0 spiro atoms. The standard InChI is InChI=1S/C24H22ClNO3/c1-15-13-19(14-16(2)22(15)25)29-17(3)24(28)26-21-12-8-7-11-20(21)23(27)18-9-5-4-6-10-18/h4-14,17H,1-3H3,(H,26,28). The van der Waals surface area contributed by atoms with E-state index in [0.29, 0.717) is 27.6 Å². The first-order valence-corrected chi connectivity index (χ1v) is 9.67. The Balaban J connectivity index is 1.76. The number of benzene rings is 3. The van der Waals surface area contributed by atoms with Crippen LogP contribution in [0, 0.1) is 13.8 Å². The number of halogens is 1. The quantitative estimate of drug-likeness (QED) is 0.541. The van der Waals surface area contributed by atoms with Crippen LogP contribution in [0.2, 0.25) is 5.02 Å². The molecule has 29 heavy (non-hydrogen) atoms. The van der Waals surface area contributed by atoms with Gasteiger partial charge in [-0.1, -0.05) is 54.1 Å². The van der Waals surface area contributed by atoms with E-state index in [1.807, 2.05) is 19.9 Å². The molecule has 0 heterocycles. The smallest absolute Gasteiger partial charge is 0.265 e. The van der Waals surface area contributed by atoms with E-state index in [0.717, 1.165) is 11.1 Å². The average Bonchev–Trinajstić information content (AvgIpc) is 2.72. The molecule has 0 aliphatic carbocycles. The van der Waals surface area contributed by atoms with E-state index in [9.17, 15) is 9.59 Å². The molecule has 0 aliphatic rings. The van der Waals surface area contributed by atoms with E-state index in [-0.39, 0.29) is 11.7 Å². The van der Waals surface area contributed by atoms with Crippen molar-refractivity contribution in [3.63, 3.8) is 0 Å². The number of hydrogen-bond acceptors (Lipinski definition) is 3. The molecular formula is C24H22ClNO3. The van der Waals surface area contributed by atoms with Gasteiger partial charge < -0.3 is 10.1 Å². The summed E-state index contributed by atoms with van der Waals surface area (Å²) in [6.07, 6.45) is -0.755. The Bertz CT molecular complexity index is 1020. The molecule has 1 amide bonds. The van der Waals surface area contributed by atoms with Gasteiger partial charge in [0.2, 0.25) is 0 Å². The molecule has 0 aromatic heterocycles. The predicted molar refractivity (Wildman–Crippen MR) is 116 cm³/mol. The molecule has 0 aliphatic heterocycles. The summed E-state index contributed by atoms with van der Waals surface area (Å²) in [6, 6.07) is 19.5. The van der Waals surface area contributed by atoms with Crippen LogP contribution in [0.5, 0.6) is 5.75 Å². The topological polar surface area (TPSA) is 55.4 Å². The van der Waals surface area contributed by atoms with Gasteiger partial charge in [-0.2, -0.15) is 0 Å². The lowest BCUT2D eigenvalue weighted by Gasteiger charge is -2.17. The molecule has 0 radical (unpaired) electrons. The largest absolute Gasteiger partial charge is 0.481 e. The maximum absolute atomic E-state index is 12.8. The van der Waals surface area contributed by atoms with Crippen LogP contribution in [-0.2, 0) is 4.79 Å². The first kappa shape index (κ1) is 20.6. The van der Waals surface area contributed by atoms with Crippen LogP contribution in [0.4, 0.5) is 5.69 Å². The van der Waals surface area contributed by atoms with Gasteiger partial charge >= 0.3 is 0 Å². The highest BCUT2D eigenvalue weighted by molar-refractivity contribution is 6.32. The highest BCUT2D eigenvalue weighted by Gasteiger charge is 2.19. The third kappa shape index (κ3) is 4.84. The van der Waals surface area contributed by atoms with Crippen LogP contribution in [0.25, 0.3) is 0 Å². The van der Waals surface area contributed by atoms with Gasteiger partial charge in [-0.3, -0.25) is 9.59 Å². The molecule has 3 rings (SSSR count). The van der Waals surface area contributed by atoms with Gasteiger partial charge in [0.15, 0.2) is 11.9 Å². The molecule has 1 atom stereocenters. The van der Waals surface area contributed by atoms with Gasteiger partial charge in [0.25, 0.3) is 5.91 Å². The minimum Gasteiger partial charge on any atom is -0.481 e. The number of nitrogens with one attached hydrogen (secondary N) is 1. The number of carbonyl (C=O) groups is 2. The van der Waals surface area contributed by atoms with E-state index in [4.69, 9.17) is 16.3 Å². The van der Waals surface area contributed by atoms with Crippen molar-refractivity contribution < 1.29 is 14.3 Å². The minimum absolute atomic E-state index is 0.154. The zero-order valence-electron chi connectivity index (χ0n) is 16.5. The molecule has 1 N–H and O–H groups in total. The van der Waals surface area contributed by atoms with Crippen molar-refractivity contribution in [3.05, 3.63) is 94.0 Å². The lowest BCUT2D eigenvalue weighted by atomic mass is 10.0. The number of ether oxygens (including phenoxy) is 1. The van der Waals surface area contributed by atoms with Crippen LogP contribution < -0.4 is 10.1 Å². The fourth-order valence-electron chi connectivity index (χ4n) is 3.00. The third-order valence-electron chi connectivity index (χ3n) is 4.56. The van der Waals surface area contributed by atoms with Crippen molar-refractivity contribution in [2.45, 2.75) is 26.9 Å². The molecule has 5 heteroatoms. The fraction of sp³-hybridized carbons (Fsp3) is 0.167. The number of para-hydroxylation sites is 1. The first-order chi connectivity index (χ1) is 13.9. The molecule has 0 bridgehead atoms. The number of carbonyl (C=O) groups excluding carboxylic acids is 2. The highest BCUT2D eigenvalue weighted by atomic mass is 35.5. The Morgan fingerprint density at radius 3 is 2.17 bits per heavy atom. The number of ketones is 1. The maximum Gasteiger partial charge on any atom is 0.265 e. The number of amides is 1. The molecule has 4 nitrogen and oxygen atoms in total. The van der Waals surface area contributed by atoms with Gasteiger partial charge in [-0.05, 0) is 56.2 Å². The molecule has 0 fully saturated rings. The van der Waals surface area contributed by atoms with Crippen molar-refractivity contribution in [2.24, 2.45) is 0 Å². The molecule has 3 aromatic rings. The average molecular weight is 408 g/mol. The molecule has 0 saturated carbocycles. The maximum atomic E-state index is 12.8. The Labute approximate surface area is 175 Å². The summed E-state index contributed by atoms with van der Waals surface area (Å²) >= 11 is 6.19. The Morgan fingerprint density at radius 1 is 0.931 bits per heavy atom. The molecule has 1 unspecified atom stereocenters. The number of anilines is 1. The summed E-state index contributed by atoms with van der Waals surface area (Å²) in [6.45, 7) is 5.44. The molecular weight excluding hydrogens is 386 g/mol. The summed E-state index contributed by atoms with van der Waals surface area (Å²) in [4.78, 5) is 25.5. The van der Waals surface area contributed by atoms with Crippen molar-refractivity contribution in [3.8, 4) is 5.75 Å². The Kier molecular flexibility index (Phi) is 6.35. The van der Waals surface area contributed by atoms with E-state index in [1.165, 1.54) is 0 Å². The predicted octanol–water partition coefficient (Wildman–Crippen LogP) is 5.59. The van der Waals surface area contributed by atoms with E-state index < -0.39 is 6.10 Å². The summed E-state index contributed by atoms with van der Waals surface area (Å²) in [5.41, 5.74) is 3.20. The van der Waals surface area contributed by atoms with Gasteiger partial charge in [0.05, 0.1) is 5.69 Å². The fourth-order valence-corrected chi connectivity index (χ4v) is 3.11. The molecule has 3 aromatic carbocycles. The third-order valence-corrected chi connectivity index (χ3v) is 5.15.